The zero-order valence-corrected chi connectivity index (χ0v) is 10.2. The summed E-state index contributed by atoms with van der Waals surface area (Å²) in [6.07, 6.45) is 8.55. The highest BCUT2D eigenvalue weighted by atomic mass is 15.1. The van der Waals surface area contributed by atoms with Gasteiger partial charge in [0.25, 0.3) is 0 Å². The minimum absolute atomic E-state index is 0.940. The third kappa shape index (κ3) is 2.35. The highest BCUT2D eigenvalue weighted by Gasteiger charge is 2.06. The second-order valence-electron chi connectivity index (χ2n) is 4.41. The Morgan fingerprint density at radius 2 is 1.67 bits per heavy atom. The molecule has 2 aromatic rings. The molecule has 1 heterocycles. The van der Waals surface area contributed by atoms with Gasteiger partial charge in [-0.3, -0.25) is 0 Å². The summed E-state index contributed by atoms with van der Waals surface area (Å²) in [6, 6.07) is 18.9. The van der Waals surface area contributed by atoms with Crippen molar-refractivity contribution in [3.8, 4) is 0 Å². The molecule has 0 bridgehead atoms. The maximum atomic E-state index is 2.20. The van der Waals surface area contributed by atoms with Gasteiger partial charge in [0.05, 0.1) is 0 Å². The van der Waals surface area contributed by atoms with Gasteiger partial charge in [0.15, 0.2) is 0 Å². The third-order valence-corrected chi connectivity index (χ3v) is 3.11. The van der Waals surface area contributed by atoms with E-state index in [2.05, 4.69) is 78.0 Å². The Morgan fingerprint density at radius 3 is 2.56 bits per heavy atom. The van der Waals surface area contributed by atoms with Crippen LogP contribution in [0.5, 0.6) is 0 Å². The average Bonchev–Trinajstić information content (AvgIpc) is 2.46. The predicted octanol–water partition coefficient (Wildman–Crippen LogP) is 4.14. The molecule has 0 amide bonds. The normalized spacial score (nSPS) is 13.9. The summed E-state index contributed by atoms with van der Waals surface area (Å²) in [5, 5.41) is 0. The lowest BCUT2D eigenvalue weighted by molar-refractivity contribution is 0.500. The van der Waals surface area contributed by atoms with Gasteiger partial charge in [0.1, 0.15) is 0 Å². The fraction of sp³-hybridized carbons (Fsp3) is 0.0588. The van der Waals surface area contributed by atoms with Crippen LogP contribution in [-0.2, 0) is 6.54 Å². The maximum Gasteiger partial charge on any atom is 0.0476 e. The monoisotopic (exact) mass is 233 g/mol. The van der Waals surface area contributed by atoms with Gasteiger partial charge in [-0.05, 0) is 28.8 Å². The summed E-state index contributed by atoms with van der Waals surface area (Å²) >= 11 is 0. The van der Waals surface area contributed by atoms with Crippen LogP contribution in [0.3, 0.4) is 0 Å². The van der Waals surface area contributed by atoms with E-state index in [1.54, 1.807) is 0 Å². The highest BCUT2D eigenvalue weighted by Crippen LogP contribution is 2.19. The number of benzene rings is 2. The van der Waals surface area contributed by atoms with Crippen LogP contribution >= 0.6 is 0 Å². The Hall–Kier alpha value is -2.28. The highest BCUT2D eigenvalue weighted by molar-refractivity contribution is 5.57. The standard InChI is InChI=1S/C17H15N/c1-2-6-15(7-3-1)10-12-18-13-11-16-8-4-5-9-17(16)14-18/h1-13H,14H2. The molecule has 0 spiro atoms. The van der Waals surface area contributed by atoms with Crippen LogP contribution in [0.4, 0.5) is 0 Å². The molecule has 2 aromatic carbocycles. The summed E-state index contributed by atoms with van der Waals surface area (Å²) in [4.78, 5) is 2.20. The Morgan fingerprint density at radius 1 is 0.889 bits per heavy atom. The number of nitrogens with zero attached hydrogens (tertiary/aromatic N) is 1. The molecular formula is C17H15N. The lowest BCUT2D eigenvalue weighted by Crippen LogP contribution is -2.13. The van der Waals surface area contributed by atoms with Gasteiger partial charge in [-0.2, -0.15) is 0 Å². The third-order valence-electron chi connectivity index (χ3n) is 3.11. The van der Waals surface area contributed by atoms with Crippen molar-refractivity contribution in [2.24, 2.45) is 0 Å². The average molecular weight is 233 g/mol. The SMILES string of the molecule is C(=CN1C=Cc2ccccc2C1)c1ccccc1. The molecule has 1 aliphatic heterocycles. The minimum Gasteiger partial charge on any atom is -0.350 e. The van der Waals surface area contributed by atoms with Crippen molar-refractivity contribution in [1.29, 1.82) is 0 Å². The molecule has 0 aromatic heterocycles. The molecule has 0 unspecified atom stereocenters. The zero-order chi connectivity index (χ0) is 12.2. The van der Waals surface area contributed by atoms with Gasteiger partial charge in [-0.25, -0.2) is 0 Å². The van der Waals surface area contributed by atoms with Crippen molar-refractivity contribution in [3.05, 3.63) is 83.7 Å². The molecule has 0 radical (unpaired) electrons. The maximum absolute atomic E-state index is 2.20. The molecule has 1 heteroatoms. The van der Waals surface area contributed by atoms with E-state index in [0.717, 1.165) is 6.54 Å². The smallest absolute Gasteiger partial charge is 0.0476 e. The van der Waals surface area contributed by atoms with E-state index >= 15 is 0 Å². The Balaban J connectivity index is 1.76. The second-order valence-corrected chi connectivity index (χ2v) is 4.41. The molecule has 88 valence electrons. The van der Waals surface area contributed by atoms with Gasteiger partial charge < -0.3 is 4.90 Å². The molecule has 1 aliphatic rings. The quantitative estimate of drug-likeness (QED) is 0.753. The van der Waals surface area contributed by atoms with E-state index in [4.69, 9.17) is 0 Å². The Labute approximate surface area is 108 Å². The Bertz CT molecular complexity index is 582. The van der Waals surface area contributed by atoms with Crippen LogP contribution < -0.4 is 0 Å². The van der Waals surface area contributed by atoms with E-state index in [9.17, 15) is 0 Å². The molecule has 0 saturated carbocycles. The van der Waals surface area contributed by atoms with Crippen molar-refractivity contribution in [1.82, 2.24) is 4.90 Å². The first-order chi connectivity index (χ1) is 8.92. The summed E-state index contributed by atoms with van der Waals surface area (Å²) < 4.78 is 0. The van der Waals surface area contributed by atoms with Crippen molar-refractivity contribution in [2.75, 3.05) is 0 Å². The first-order valence-electron chi connectivity index (χ1n) is 6.17. The van der Waals surface area contributed by atoms with Crippen LogP contribution in [0.2, 0.25) is 0 Å². The molecule has 3 rings (SSSR count). The molecule has 0 aliphatic carbocycles. The number of rotatable bonds is 2. The van der Waals surface area contributed by atoms with Gasteiger partial charge in [-0.15, -0.1) is 0 Å². The number of hydrogen-bond acceptors (Lipinski definition) is 1. The fourth-order valence-electron chi connectivity index (χ4n) is 2.11. The van der Waals surface area contributed by atoms with Crippen LogP contribution in [-0.4, -0.2) is 4.90 Å². The molecule has 18 heavy (non-hydrogen) atoms. The lowest BCUT2D eigenvalue weighted by Gasteiger charge is -2.21. The van der Waals surface area contributed by atoms with E-state index in [1.165, 1.54) is 16.7 Å². The van der Waals surface area contributed by atoms with Crippen molar-refractivity contribution in [3.63, 3.8) is 0 Å². The number of hydrogen-bond donors (Lipinski definition) is 0. The van der Waals surface area contributed by atoms with Crippen LogP contribution in [0.25, 0.3) is 12.2 Å². The summed E-state index contributed by atoms with van der Waals surface area (Å²) in [5.41, 5.74) is 3.92. The van der Waals surface area contributed by atoms with E-state index in [-0.39, 0.29) is 0 Å². The first-order valence-corrected chi connectivity index (χ1v) is 6.17. The molecule has 0 atom stereocenters. The van der Waals surface area contributed by atoms with E-state index in [0.29, 0.717) is 0 Å². The first kappa shape index (κ1) is 10.8. The topological polar surface area (TPSA) is 3.24 Å². The van der Waals surface area contributed by atoms with E-state index in [1.807, 2.05) is 6.07 Å². The zero-order valence-electron chi connectivity index (χ0n) is 10.2. The lowest BCUT2D eigenvalue weighted by atomic mass is 10.0. The second kappa shape index (κ2) is 4.92. The summed E-state index contributed by atoms with van der Waals surface area (Å²) in [7, 11) is 0. The van der Waals surface area contributed by atoms with Crippen molar-refractivity contribution in [2.45, 2.75) is 6.54 Å². The van der Waals surface area contributed by atoms with Gasteiger partial charge in [0.2, 0.25) is 0 Å². The van der Waals surface area contributed by atoms with Crippen LogP contribution in [0.15, 0.2) is 67.0 Å². The molecule has 0 fully saturated rings. The van der Waals surface area contributed by atoms with Crippen molar-refractivity contribution >= 4 is 12.2 Å². The van der Waals surface area contributed by atoms with Gasteiger partial charge in [0, 0.05) is 18.9 Å². The van der Waals surface area contributed by atoms with Crippen LogP contribution in [0.1, 0.15) is 16.7 Å². The van der Waals surface area contributed by atoms with E-state index < -0.39 is 0 Å². The predicted molar refractivity (Wildman–Crippen MR) is 76.5 cm³/mol. The molecule has 1 nitrogen and oxygen atoms in total. The largest absolute Gasteiger partial charge is 0.350 e. The minimum atomic E-state index is 0.940. The van der Waals surface area contributed by atoms with Crippen molar-refractivity contribution < 1.29 is 0 Å². The van der Waals surface area contributed by atoms with Crippen LogP contribution in [0, 0.1) is 0 Å². The Kier molecular flexibility index (Phi) is 2.97. The summed E-state index contributed by atoms with van der Waals surface area (Å²) in [6.45, 7) is 0.940. The molecular weight excluding hydrogens is 218 g/mol. The summed E-state index contributed by atoms with van der Waals surface area (Å²) in [5.74, 6) is 0. The van der Waals surface area contributed by atoms with Gasteiger partial charge >= 0.3 is 0 Å². The van der Waals surface area contributed by atoms with Gasteiger partial charge in [-0.1, -0.05) is 54.6 Å². The molecule has 0 saturated heterocycles. The fourth-order valence-corrected chi connectivity index (χ4v) is 2.11. The number of fused-ring (bicyclic) bond motifs is 1. The molecule has 0 N–H and O–H groups in total.